The summed E-state index contributed by atoms with van der Waals surface area (Å²) in [6.07, 6.45) is 0.258. The van der Waals surface area contributed by atoms with Crippen molar-refractivity contribution in [2.75, 3.05) is 16.8 Å². The highest BCUT2D eigenvalue weighted by Gasteiger charge is 2.31. The monoisotopic (exact) mass is 491 g/mol. The molecule has 0 spiro atoms. The number of carbonyl (C=O) groups excluding carboxylic acids is 1. The average molecular weight is 492 g/mol. The number of aromatic nitrogens is 1. The largest absolute Gasteiger partial charge is 0.321 e. The number of benzene rings is 2. The molecular weight excluding hydrogens is 470 g/mol. The number of amides is 1. The Labute approximate surface area is 190 Å². The molecule has 0 radical (unpaired) electrons. The highest BCUT2D eigenvalue weighted by Crippen LogP contribution is 2.29. The van der Waals surface area contributed by atoms with Gasteiger partial charge in [0.2, 0.25) is 10.0 Å². The van der Waals surface area contributed by atoms with Crippen LogP contribution >= 0.6 is 11.3 Å². The van der Waals surface area contributed by atoms with Crippen LogP contribution in [0.15, 0.2) is 59.5 Å². The number of sulfonamides is 1. The summed E-state index contributed by atoms with van der Waals surface area (Å²) in [4.78, 5) is 17.8. The molecule has 4 rings (SSSR count). The quantitative estimate of drug-likeness (QED) is 0.547. The summed E-state index contributed by atoms with van der Waals surface area (Å²) in [6, 6.07) is 14.5. The number of hydrogen-bond donors (Lipinski definition) is 2. The minimum Gasteiger partial charge on any atom is -0.321 e. The standard InChI is InChI=1S/C21H21N3O5S3/c1-14-22-19(15-5-3-2-4-6-15)20(30-14)21(25)23-16-7-9-18(10-8-16)32(28,29)24-17-11-12-31(26,27)13-17/h2-10,17,24H,11-13H2,1H3,(H,23,25)/t17-/m1/s1. The smallest absolute Gasteiger partial charge is 0.268 e. The number of nitrogens with one attached hydrogen (secondary N) is 2. The third-order valence-corrected chi connectivity index (χ3v) is 9.24. The van der Waals surface area contributed by atoms with E-state index in [0.717, 1.165) is 10.6 Å². The second-order valence-corrected chi connectivity index (χ2v) is 12.6. The molecule has 0 unspecified atom stereocenters. The van der Waals surface area contributed by atoms with Crippen LogP contribution in [-0.2, 0) is 19.9 Å². The Morgan fingerprint density at radius 1 is 1.09 bits per heavy atom. The van der Waals surface area contributed by atoms with Gasteiger partial charge >= 0.3 is 0 Å². The van der Waals surface area contributed by atoms with Gasteiger partial charge in [-0.15, -0.1) is 11.3 Å². The van der Waals surface area contributed by atoms with E-state index in [1.165, 1.54) is 35.6 Å². The topological polar surface area (TPSA) is 122 Å². The van der Waals surface area contributed by atoms with E-state index in [-0.39, 0.29) is 28.7 Å². The van der Waals surface area contributed by atoms with Crippen molar-refractivity contribution >= 4 is 42.8 Å². The van der Waals surface area contributed by atoms with Crippen LogP contribution in [0.25, 0.3) is 11.3 Å². The normalized spacial score (nSPS) is 17.8. The molecule has 1 fully saturated rings. The molecule has 32 heavy (non-hydrogen) atoms. The molecule has 0 bridgehead atoms. The van der Waals surface area contributed by atoms with Crippen LogP contribution in [0.1, 0.15) is 21.1 Å². The number of anilines is 1. The lowest BCUT2D eigenvalue weighted by Crippen LogP contribution is -2.35. The van der Waals surface area contributed by atoms with Gasteiger partial charge in [-0.25, -0.2) is 26.5 Å². The minimum atomic E-state index is -3.87. The highest BCUT2D eigenvalue weighted by molar-refractivity contribution is 7.92. The van der Waals surface area contributed by atoms with Crippen LogP contribution in [0, 0.1) is 6.92 Å². The molecular formula is C21H21N3O5S3. The first-order valence-electron chi connectivity index (χ1n) is 9.80. The van der Waals surface area contributed by atoms with E-state index < -0.39 is 25.9 Å². The molecule has 1 atom stereocenters. The molecule has 2 heterocycles. The third kappa shape index (κ3) is 5.07. The van der Waals surface area contributed by atoms with E-state index in [1.54, 1.807) is 0 Å². The predicted molar refractivity (Wildman–Crippen MR) is 124 cm³/mol. The summed E-state index contributed by atoms with van der Waals surface area (Å²) < 4.78 is 50.7. The van der Waals surface area contributed by atoms with Crippen molar-refractivity contribution in [2.45, 2.75) is 24.3 Å². The number of thiazole rings is 1. The Bertz CT molecular complexity index is 1350. The summed E-state index contributed by atoms with van der Waals surface area (Å²) in [5, 5.41) is 3.54. The van der Waals surface area contributed by atoms with E-state index in [0.29, 0.717) is 16.3 Å². The number of carbonyl (C=O) groups is 1. The maximum absolute atomic E-state index is 12.9. The number of hydrogen-bond acceptors (Lipinski definition) is 7. The van der Waals surface area contributed by atoms with Gasteiger partial charge < -0.3 is 5.32 Å². The Morgan fingerprint density at radius 3 is 2.41 bits per heavy atom. The van der Waals surface area contributed by atoms with Gasteiger partial charge in [0.05, 0.1) is 27.1 Å². The molecule has 8 nitrogen and oxygen atoms in total. The zero-order valence-corrected chi connectivity index (χ0v) is 19.6. The van der Waals surface area contributed by atoms with Gasteiger partial charge in [-0.05, 0) is 37.6 Å². The first-order valence-corrected chi connectivity index (χ1v) is 13.9. The third-order valence-electron chi connectivity index (χ3n) is 4.96. The molecule has 3 aromatic rings. The Kier molecular flexibility index (Phi) is 6.17. The zero-order valence-electron chi connectivity index (χ0n) is 17.1. The minimum absolute atomic E-state index is 0.00148. The van der Waals surface area contributed by atoms with Crippen molar-refractivity contribution in [2.24, 2.45) is 0 Å². The molecule has 11 heteroatoms. The average Bonchev–Trinajstić information content (AvgIpc) is 3.30. The van der Waals surface area contributed by atoms with Crippen LogP contribution in [0.5, 0.6) is 0 Å². The first kappa shape index (κ1) is 22.6. The van der Waals surface area contributed by atoms with Crippen LogP contribution in [0.2, 0.25) is 0 Å². The number of nitrogens with zero attached hydrogens (tertiary/aromatic N) is 1. The molecule has 0 saturated carbocycles. The molecule has 0 aliphatic carbocycles. The van der Waals surface area contributed by atoms with E-state index in [4.69, 9.17) is 0 Å². The maximum atomic E-state index is 12.9. The fourth-order valence-electron chi connectivity index (χ4n) is 3.45. The van der Waals surface area contributed by atoms with Crippen molar-refractivity contribution < 1.29 is 21.6 Å². The molecule has 1 saturated heterocycles. The second kappa shape index (κ2) is 8.74. The lowest BCUT2D eigenvalue weighted by Gasteiger charge is -2.12. The fraction of sp³-hybridized carbons (Fsp3) is 0.238. The molecule has 2 aromatic carbocycles. The number of sulfone groups is 1. The van der Waals surface area contributed by atoms with Gasteiger partial charge in [0.1, 0.15) is 4.88 Å². The van der Waals surface area contributed by atoms with Gasteiger partial charge in [-0.3, -0.25) is 4.79 Å². The van der Waals surface area contributed by atoms with Crippen molar-refractivity contribution in [1.82, 2.24) is 9.71 Å². The maximum Gasteiger partial charge on any atom is 0.268 e. The summed E-state index contributed by atoms with van der Waals surface area (Å²) in [7, 11) is -7.06. The van der Waals surface area contributed by atoms with Gasteiger partial charge in [-0.1, -0.05) is 30.3 Å². The summed E-state index contributed by atoms with van der Waals surface area (Å²) in [6.45, 7) is 1.83. The van der Waals surface area contributed by atoms with E-state index in [9.17, 15) is 21.6 Å². The number of aryl methyl sites for hydroxylation is 1. The lowest BCUT2D eigenvalue weighted by atomic mass is 10.1. The van der Waals surface area contributed by atoms with Gasteiger partial charge in [-0.2, -0.15) is 0 Å². The molecule has 1 aliphatic heterocycles. The molecule has 168 valence electrons. The van der Waals surface area contributed by atoms with Crippen molar-refractivity contribution in [3.63, 3.8) is 0 Å². The van der Waals surface area contributed by atoms with Gasteiger partial charge in [0, 0.05) is 17.3 Å². The Hall–Kier alpha value is -2.60. The van der Waals surface area contributed by atoms with Crippen LogP contribution in [0.4, 0.5) is 5.69 Å². The lowest BCUT2D eigenvalue weighted by molar-refractivity contribution is 0.103. The molecule has 1 aliphatic rings. The van der Waals surface area contributed by atoms with Gasteiger partial charge in [0.15, 0.2) is 9.84 Å². The highest BCUT2D eigenvalue weighted by atomic mass is 32.2. The summed E-state index contributed by atoms with van der Waals surface area (Å²) >= 11 is 1.28. The predicted octanol–water partition coefficient (Wildman–Crippen LogP) is 2.84. The van der Waals surface area contributed by atoms with Crippen LogP contribution in [-0.4, -0.2) is 45.3 Å². The molecule has 1 aromatic heterocycles. The fourth-order valence-corrected chi connectivity index (χ4v) is 7.34. The number of rotatable bonds is 6. The Balaban J connectivity index is 1.48. The van der Waals surface area contributed by atoms with E-state index in [2.05, 4.69) is 15.0 Å². The molecule has 1 amide bonds. The SMILES string of the molecule is Cc1nc(-c2ccccc2)c(C(=O)Nc2ccc(S(=O)(=O)N[C@@H]3CCS(=O)(=O)C3)cc2)s1. The van der Waals surface area contributed by atoms with Gasteiger partial charge in [0.25, 0.3) is 5.91 Å². The zero-order chi connectivity index (χ0) is 22.9. The first-order chi connectivity index (χ1) is 15.1. The van der Waals surface area contributed by atoms with Crippen molar-refractivity contribution in [3.8, 4) is 11.3 Å². The van der Waals surface area contributed by atoms with Crippen LogP contribution in [0.3, 0.4) is 0 Å². The molecule has 2 N–H and O–H groups in total. The van der Waals surface area contributed by atoms with Crippen LogP contribution < -0.4 is 10.0 Å². The summed E-state index contributed by atoms with van der Waals surface area (Å²) in [5.74, 6) is -0.551. The summed E-state index contributed by atoms with van der Waals surface area (Å²) in [5.41, 5.74) is 1.87. The van der Waals surface area contributed by atoms with E-state index in [1.807, 2.05) is 37.3 Å². The van der Waals surface area contributed by atoms with Crippen molar-refractivity contribution in [1.29, 1.82) is 0 Å². The Morgan fingerprint density at radius 2 is 1.78 bits per heavy atom. The van der Waals surface area contributed by atoms with E-state index >= 15 is 0 Å². The second-order valence-electron chi connectivity index (χ2n) is 7.48. The van der Waals surface area contributed by atoms with Crippen molar-refractivity contribution in [3.05, 3.63) is 64.5 Å².